The van der Waals surface area contributed by atoms with E-state index in [0.29, 0.717) is 32.0 Å². The van der Waals surface area contributed by atoms with Crippen LogP contribution in [0, 0.1) is 11.6 Å². The highest BCUT2D eigenvalue weighted by molar-refractivity contribution is 7.16. The van der Waals surface area contributed by atoms with Crippen molar-refractivity contribution in [1.29, 1.82) is 0 Å². The highest BCUT2D eigenvalue weighted by atomic mass is 32.1. The quantitative estimate of drug-likeness (QED) is 0.361. The normalized spacial score (nSPS) is 10.8. The van der Waals surface area contributed by atoms with Crippen molar-refractivity contribution in [3.63, 3.8) is 0 Å². The fourth-order valence-electron chi connectivity index (χ4n) is 2.84. The molecule has 4 rings (SSSR count). The van der Waals surface area contributed by atoms with Gasteiger partial charge in [0.25, 0.3) is 0 Å². The van der Waals surface area contributed by atoms with E-state index in [0.717, 1.165) is 0 Å². The number of benzene rings is 2. The van der Waals surface area contributed by atoms with Crippen LogP contribution >= 0.6 is 22.7 Å². The van der Waals surface area contributed by atoms with Gasteiger partial charge in [0.1, 0.15) is 11.6 Å². The van der Waals surface area contributed by atoms with Gasteiger partial charge in [-0.15, -0.1) is 22.7 Å². The van der Waals surface area contributed by atoms with Gasteiger partial charge in [-0.25, -0.2) is 8.78 Å². The summed E-state index contributed by atoms with van der Waals surface area (Å²) in [4.78, 5) is 14.3. The second kappa shape index (κ2) is 6.94. The Morgan fingerprint density at radius 2 is 1.15 bits per heavy atom. The van der Waals surface area contributed by atoms with Gasteiger partial charge in [-0.3, -0.25) is 4.79 Å². The minimum absolute atomic E-state index is 0.131. The Morgan fingerprint density at radius 3 is 1.58 bits per heavy atom. The van der Waals surface area contributed by atoms with Gasteiger partial charge in [-0.05, 0) is 58.3 Å². The zero-order chi connectivity index (χ0) is 18.1. The van der Waals surface area contributed by atoms with E-state index in [1.54, 1.807) is 24.3 Å². The first kappa shape index (κ1) is 16.8. The maximum absolute atomic E-state index is 13.6. The van der Waals surface area contributed by atoms with Crippen molar-refractivity contribution in [3.05, 3.63) is 92.8 Å². The molecule has 0 spiro atoms. The second-order valence-electron chi connectivity index (χ2n) is 5.68. The highest BCUT2D eigenvalue weighted by Gasteiger charge is 2.21. The van der Waals surface area contributed by atoms with E-state index in [9.17, 15) is 13.6 Å². The molecule has 1 nitrogen and oxygen atoms in total. The smallest absolute Gasteiger partial charge is 0.214 e. The fourth-order valence-corrected chi connectivity index (χ4v) is 4.63. The lowest BCUT2D eigenvalue weighted by Crippen LogP contribution is -2.00. The van der Waals surface area contributed by atoms with E-state index in [-0.39, 0.29) is 17.4 Å². The molecular weight excluding hydrogens is 370 g/mol. The van der Waals surface area contributed by atoms with Crippen LogP contribution in [0.15, 0.2) is 71.4 Å². The summed E-state index contributed by atoms with van der Waals surface area (Å²) in [6.07, 6.45) is 0. The molecule has 0 unspecified atom stereocenters. The van der Waals surface area contributed by atoms with Crippen LogP contribution in [0.1, 0.15) is 14.5 Å². The Hall–Kier alpha value is -2.63. The van der Waals surface area contributed by atoms with Gasteiger partial charge < -0.3 is 0 Å². The van der Waals surface area contributed by atoms with Crippen molar-refractivity contribution in [1.82, 2.24) is 0 Å². The van der Waals surface area contributed by atoms with Gasteiger partial charge >= 0.3 is 0 Å². The summed E-state index contributed by atoms with van der Waals surface area (Å²) in [5.41, 5.74) is 2.74. The highest BCUT2D eigenvalue weighted by Crippen LogP contribution is 2.35. The first-order valence-corrected chi connectivity index (χ1v) is 9.61. The van der Waals surface area contributed by atoms with Gasteiger partial charge in [-0.2, -0.15) is 0 Å². The molecule has 5 heteroatoms. The van der Waals surface area contributed by atoms with Crippen LogP contribution in [-0.4, -0.2) is 5.78 Å². The predicted octanol–water partition coefficient (Wildman–Crippen LogP) is 6.65. The second-order valence-corrected chi connectivity index (χ2v) is 7.51. The Bertz CT molecular complexity index is 1010. The van der Waals surface area contributed by atoms with Gasteiger partial charge in [0.15, 0.2) is 0 Å². The van der Waals surface area contributed by atoms with E-state index >= 15 is 0 Å². The third-order valence-corrected chi connectivity index (χ3v) is 5.84. The Balaban J connectivity index is 1.78. The van der Waals surface area contributed by atoms with Crippen molar-refractivity contribution < 1.29 is 13.6 Å². The fraction of sp³-hybridized carbons (Fsp3) is 0. The van der Waals surface area contributed by atoms with Crippen LogP contribution < -0.4 is 0 Å². The SMILES string of the molecule is O=C(c1sccc1-c1cccc(F)c1)c1sccc1-c1cccc(F)c1. The minimum Gasteiger partial charge on any atom is -0.287 e. The molecule has 26 heavy (non-hydrogen) atoms. The zero-order valence-corrected chi connectivity index (χ0v) is 15.0. The molecule has 2 aromatic heterocycles. The van der Waals surface area contributed by atoms with E-state index in [2.05, 4.69) is 0 Å². The summed E-state index contributed by atoms with van der Waals surface area (Å²) in [5.74, 6) is -0.819. The van der Waals surface area contributed by atoms with Crippen LogP contribution in [0.5, 0.6) is 0 Å². The standard InChI is InChI=1S/C21H12F2OS2/c22-15-5-1-3-13(11-15)17-7-9-25-20(17)19(24)21-18(8-10-26-21)14-4-2-6-16(23)12-14/h1-12H. The monoisotopic (exact) mass is 382 g/mol. The topological polar surface area (TPSA) is 17.1 Å². The number of halogens is 2. The summed E-state index contributed by atoms with van der Waals surface area (Å²) in [6, 6.07) is 16.0. The summed E-state index contributed by atoms with van der Waals surface area (Å²) in [7, 11) is 0. The van der Waals surface area contributed by atoms with Crippen molar-refractivity contribution in [2.24, 2.45) is 0 Å². The number of carbonyl (C=O) groups is 1. The molecule has 0 N–H and O–H groups in total. The van der Waals surface area contributed by atoms with Gasteiger partial charge in [-0.1, -0.05) is 24.3 Å². The van der Waals surface area contributed by atoms with Gasteiger partial charge in [0.2, 0.25) is 5.78 Å². The largest absolute Gasteiger partial charge is 0.287 e. The lowest BCUT2D eigenvalue weighted by atomic mass is 10.0. The lowest BCUT2D eigenvalue weighted by Gasteiger charge is -2.06. The Morgan fingerprint density at radius 1 is 0.692 bits per heavy atom. The molecule has 0 atom stereocenters. The molecule has 4 aromatic rings. The third-order valence-electron chi connectivity index (χ3n) is 4.01. The number of hydrogen-bond donors (Lipinski definition) is 0. The van der Waals surface area contributed by atoms with Crippen molar-refractivity contribution in [2.45, 2.75) is 0 Å². The predicted molar refractivity (Wildman–Crippen MR) is 103 cm³/mol. The number of rotatable bonds is 4. The van der Waals surface area contributed by atoms with Crippen molar-refractivity contribution in [2.75, 3.05) is 0 Å². The van der Waals surface area contributed by atoms with Crippen LogP contribution in [0.4, 0.5) is 8.78 Å². The van der Waals surface area contributed by atoms with E-state index in [4.69, 9.17) is 0 Å². The maximum Gasteiger partial charge on any atom is 0.214 e. The first-order valence-electron chi connectivity index (χ1n) is 7.85. The number of hydrogen-bond acceptors (Lipinski definition) is 3. The molecule has 0 aliphatic heterocycles. The number of ketones is 1. The molecule has 2 heterocycles. The molecule has 0 saturated heterocycles. The molecule has 0 aliphatic rings. The van der Waals surface area contributed by atoms with Crippen LogP contribution in [0.3, 0.4) is 0 Å². The molecule has 2 aromatic carbocycles. The molecule has 128 valence electrons. The van der Waals surface area contributed by atoms with E-state index in [1.165, 1.54) is 46.9 Å². The maximum atomic E-state index is 13.6. The average Bonchev–Trinajstić information content (AvgIpc) is 3.31. The Labute approximate surface area is 157 Å². The zero-order valence-electron chi connectivity index (χ0n) is 13.4. The van der Waals surface area contributed by atoms with Gasteiger partial charge in [0.05, 0.1) is 9.75 Å². The van der Waals surface area contributed by atoms with Crippen LogP contribution in [-0.2, 0) is 0 Å². The molecule has 0 fully saturated rings. The molecular formula is C21H12F2OS2. The molecule has 0 radical (unpaired) electrons. The van der Waals surface area contributed by atoms with E-state index in [1.807, 2.05) is 22.9 Å². The summed E-state index contributed by atoms with van der Waals surface area (Å²) in [6.45, 7) is 0. The summed E-state index contributed by atoms with van der Waals surface area (Å²) >= 11 is 2.65. The molecule has 0 aliphatic carbocycles. The van der Waals surface area contributed by atoms with Crippen LogP contribution in [0.2, 0.25) is 0 Å². The Kier molecular flexibility index (Phi) is 4.49. The third kappa shape index (κ3) is 3.11. The van der Waals surface area contributed by atoms with Crippen molar-refractivity contribution >= 4 is 28.5 Å². The first-order chi connectivity index (χ1) is 12.6. The number of carbonyl (C=O) groups excluding carboxylic acids is 1. The molecule has 0 bridgehead atoms. The van der Waals surface area contributed by atoms with E-state index < -0.39 is 0 Å². The van der Waals surface area contributed by atoms with Crippen molar-refractivity contribution in [3.8, 4) is 22.3 Å². The number of thiophene rings is 2. The molecule has 0 saturated carbocycles. The lowest BCUT2D eigenvalue weighted by molar-refractivity contribution is 0.104. The minimum atomic E-state index is -0.344. The summed E-state index contributed by atoms with van der Waals surface area (Å²) < 4.78 is 27.1. The summed E-state index contributed by atoms with van der Waals surface area (Å²) in [5, 5.41) is 3.64. The van der Waals surface area contributed by atoms with Gasteiger partial charge in [0, 0.05) is 11.1 Å². The molecule has 0 amide bonds. The van der Waals surface area contributed by atoms with Crippen LogP contribution in [0.25, 0.3) is 22.3 Å². The average molecular weight is 382 g/mol.